The summed E-state index contributed by atoms with van der Waals surface area (Å²) in [6.45, 7) is 0.790. The number of hydrogen-bond acceptors (Lipinski definition) is 3. The summed E-state index contributed by atoms with van der Waals surface area (Å²) in [5.74, 6) is 0.0174. The molecule has 0 aromatic heterocycles. The Morgan fingerprint density at radius 2 is 2.13 bits per heavy atom. The van der Waals surface area contributed by atoms with Gasteiger partial charge in [0, 0.05) is 13.0 Å². The highest BCUT2D eigenvalue weighted by Gasteiger charge is 2.51. The van der Waals surface area contributed by atoms with E-state index in [1.165, 1.54) is 11.1 Å². The number of nitrogens with zero attached hydrogens (tertiary/aromatic N) is 1. The van der Waals surface area contributed by atoms with Crippen LogP contribution >= 0.6 is 0 Å². The first-order valence-corrected chi connectivity index (χ1v) is 8.07. The summed E-state index contributed by atoms with van der Waals surface area (Å²) in [6, 6.07) is 7.83. The van der Waals surface area contributed by atoms with Gasteiger partial charge in [-0.25, -0.2) is 4.79 Å². The topological polar surface area (TPSA) is 78.5 Å². The molecule has 0 unspecified atom stereocenters. The van der Waals surface area contributed by atoms with Crippen molar-refractivity contribution in [2.24, 2.45) is 0 Å². The number of aryl methyl sites for hydroxylation is 1. The number of likely N-dealkylation sites (tertiary alicyclic amines) is 1. The second-order valence-corrected chi connectivity index (χ2v) is 6.69. The molecule has 2 aliphatic heterocycles. The first-order valence-electron chi connectivity index (χ1n) is 8.07. The zero-order chi connectivity index (χ0) is 16.0. The quantitative estimate of drug-likeness (QED) is 0.797. The molecule has 2 atom stereocenters. The molecule has 4 rings (SSSR count). The molecule has 1 spiro atoms. The maximum atomic E-state index is 12.6. The number of hydrogen-bond donors (Lipinski definition) is 2. The van der Waals surface area contributed by atoms with Gasteiger partial charge in [-0.05, 0) is 36.3 Å². The second-order valence-electron chi connectivity index (χ2n) is 6.69. The number of benzene rings is 1. The van der Waals surface area contributed by atoms with E-state index in [1.807, 2.05) is 12.1 Å². The van der Waals surface area contributed by atoms with Gasteiger partial charge in [-0.2, -0.15) is 0 Å². The van der Waals surface area contributed by atoms with Crippen LogP contribution in [0.1, 0.15) is 36.3 Å². The normalized spacial score (nSPS) is 28.9. The molecule has 6 nitrogen and oxygen atoms in total. The van der Waals surface area contributed by atoms with Crippen LogP contribution in [0.25, 0.3) is 0 Å². The van der Waals surface area contributed by atoms with Gasteiger partial charge in [-0.15, -0.1) is 0 Å². The first-order chi connectivity index (χ1) is 11.1. The Hall–Kier alpha value is -2.37. The third-order valence-electron chi connectivity index (χ3n) is 5.31. The summed E-state index contributed by atoms with van der Waals surface area (Å²) in [4.78, 5) is 37.6. The Morgan fingerprint density at radius 3 is 2.91 bits per heavy atom. The molecule has 3 aliphatic rings. The summed E-state index contributed by atoms with van der Waals surface area (Å²) in [7, 11) is 0. The van der Waals surface area contributed by atoms with Crippen LogP contribution in [0.3, 0.4) is 0 Å². The molecule has 0 radical (unpaired) electrons. The van der Waals surface area contributed by atoms with Crippen molar-refractivity contribution in [2.75, 3.05) is 13.1 Å². The molecule has 23 heavy (non-hydrogen) atoms. The molecule has 4 amide bonds. The third-order valence-corrected chi connectivity index (χ3v) is 5.31. The molecule has 2 N–H and O–H groups in total. The third kappa shape index (κ3) is 2.29. The molecule has 0 bridgehead atoms. The van der Waals surface area contributed by atoms with Crippen molar-refractivity contribution in [3.63, 3.8) is 0 Å². The number of urea groups is 1. The summed E-state index contributed by atoms with van der Waals surface area (Å²) in [5.41, 5.74) is 1.70. The van der Waals surface area contributed by atoms with E-state index >= 15 is 0 Å². The molecule has 2 fully saturated rings. The fourth-order valence-corrected chi connectivity index (χ4v) is 4.04. The van der Waals surface area contributed by atoms with Gasteiger partial charge >= 0.3 is 6.03 Å². The zero-order valence-corrected chi connectivity index (χ0v) is 12.8. The predicted octanol–water partition coefficient (Wildman–Crippen LogP) is 0.917. The van der Waals surface area contributed by atoms with Crippen LogP contribution in [-0.4, -0.2) is 41.4 Å². The van der Waals surface area contributed by atoms with Gasteiger partial charge in [-0.1, -0.05) is 24.3 Å². The summed E-state index contributed by atoms with van der Waals surface area (Å²) in [5, 5.41) is 4.95. The summed E-state index contributed by atoms with van der Waals surface area (Å²) >= 11 is 0. The number of fused-ring (bicyclic) bond motifs is 1. The van der Waals surface area contributed by atoms with Gasteiger partial charge in [0.25, 0.3) is 5.91 Å². The van der Waals surface area contributed by atoms with Crippen LogP contribution in [0.5, 0.6) is 0 Å². The van der Waals surface area contributed by atoms with Crippen molar-refractivity contribution < 1.29 is 14.4 Å². The highest BCUT2D eigenvalue weighted by atomic mass is 16.2. The van der Waals surface area contributed by atoms with E-state index in [9.17, 15) is 14.4 Å². The molecule has 0 saturated carbocycles. The highest BCUT2D eigenvalue weighted by Crippen LogP contribution is 2.36. The molecule has 120 valence electrons. The van der Waals surface area contributed by atoms with Gasteiger partial charge < -0.3 is 10.2 Å². The van der Waals surface area contributed by atoms with Crippen LogP contribution in [0.2, 0.25) is 0 Å². The lowest BCUT2D eigenvalue weighted by Gasteiger charge is -2.22. The molecule has 1 aliphatic carbocycles. The van der Waals surface area contributed by atoms with Gasteiger partial charge in [0.15, 0.2) is 0 Å². The molecule has 6 heteroatoms. The van der Waals surface area contributed by atoms with Gasteiger partial charge in [0.2, 0.25) is 5.91 Å². The monoisotopic (exact) mass is 313 g/mol. The summed E-state index contributed by atoms with van der Waals surface area (Å²) < 4.78 is 0. The van der Waals surface area contributed by atoms with E-state index in [-0.39, 0.29) is 24.3 Å². The van der Waals surface area contributed by atoms with Crippen LogP contribution in [0.4, 0.5) is 4.79 Å². The molecule has 1 aromatic rings. The number of carbonyl (C=O) groups excluding carboxylic acids is 3. The largest absolute Gasteiger partial charge is 0.340 e. The molecule has 2 saturated heterocycles. The zero-order valence-electron chi connectivity index (χ0n) is 12.8. The average molecular weight is 313 g/mol. The van der Waals surface area contributed by atoms with Crippen molar-refractivity contribution in [1.82, 2.24) is 15.5 Å². The van der Waals surface area contributed by atoms with E-state index in [4.69, 9.17) is 0 Å². The Labute approximate surface area is 134 Å². The Bertz CT molecular complexity index is 702. The SMILES string of the molecule is O=C1NC(=O)[C@]2(CCN(C(=O)C[C@@H]3CCc4ccccc43)C2)N1. The van der Waals surface area contributed by atoms with E-state index in [2.05, 4.69) is 22.8 Å². The first kappa shape index (κ1) is 14.2. The van der Waals surface area contributed by atoms with Crippen LogP contribution in [0, 0.1) is 0 Å². The van der Waals surface area contributed by atoms with Gasteiger partial charge in [-0.3, -0.25) is 14.9 Å². The lowest BCUT2D eigenvalue weighted by atomic mass is 9.97. The van der Waals surface area contributed by atoms with Crippen molar-refractivity contribution in [3.8, 4) is 0 Å². The van der Waals surface area contributed by atoms with Crippen molar-refractivity contribution in [1.29, 1.82) is 0 Å². The van der Waals surface area contributed by atoms with Gasteiger partial charge in [0.1, 0.15) is 5.54 Å². The van der Waals surface area contributed by atoms with Crippen LogP contribution in [0.15, 0.2) is 24.3 Å². The number of nitrogens with one attached hydrogen (secondary N) is 2. The van der Waals surface area contributed by atoms with Gasteiger partial charge in [0.05, 0.1) is 6.54 Å². The van der Waals surface area contributed by atoms with E-state index in [0.717, 1.165) is 12.8 Å². The Balaban J connectivity index is 1.43. The van der Waals surface area contributed by atoms with E-state index in [0.29, 0.717) is 19.4 Å². The van der Waals surface area contributed by atoms with E-state index in [1.54, 1.807) is 4.90 Å². The molecular weight excluding hydrogens is 294 g/mol. The fraction of sp³-hybridized carbons (Fsp3) is 0.471. The van der Waals surface area contributed by atoms with Crippen molar-refractivity contribution in [3.05, 3.63) is 35.4 Å². The fourth-order valence-electron chi connectivity index (χ4n) is 4.04. The molecule has 2 heterocycles. The number of imide groups is 1. The number of amides is 4. The Morgan fingerprint density at radius 1 is 1.30 bits per heavy atom. The average Bonchev–Trinajstić information content (AvgIpc) is 3.20. The minimum Gasteiger partial charge on any atom is -0.340 e. The van der Waals surface area contributed by atoms with E-state index < -0.39 is 11.6 Å². The Kier molecular flexibility index (Phi) is 3.14. The lowest BCUT2D eigenvalue weighted by Crippen LogP contribution is -2.49. The van der Waals surface area contributed by atoms with Crippen LogP contribution in [-0.2, 0) is 16.0 Å². The minimum atomic E-state index is -0.916. The number of rotatable bonds is 2. The molecular formula is C17H19N3O3. The maximum absolute atomic E-state index is 12.6. The highest BCUT2D eigenvalue weighted by molar-refractivity contribution is 6.07. The summed E-state index contributed by atoms with van der Waals surface area (Å²) in [6.07, 6.45) is 2.98. The van der Waals surface area contributed by atoms with Crippen molar-refractivity contribution in [2.45, 2.75) is 37.1 Å². The second kappa shape index (κ2) is 5.08. The lowest BCUT2D eigenvalue weighted by molar-refractivity contribution is -0.131. The predicted molar refractivity (Wildman–Crippen MR) is 82.7 cm³/mol. The van der Waals surface area contributed by atoms with Crippen molar-refractivity contribution >= 4 is 17.8 Å². The maximum Gasteiger partial charge on any atom is 0.322 e. The minimum absolute atomic E-state index is 0.0672. The molecule has 1 aromatic carbocycles. The smallest absolute Gasteiger partial charge is 0.322 e. The van der Waals surface area contributed by atoms with Crippen LogP contribution < -0.4 is 10.6 Å². The standard InChI is InChI=1S/C17H19N3O3/c21-14(9-12-6-5-11-3-1-2-4-13(11)12)20-8-7-17(10-20)15(22)18-16(23)19-17/h1-4,12H,5-10H2,(H2,18,19,22,23)/t12-,17+/m0/s1. The number of carbonyl (C=O) groups is 3.